The van der Waals surface area contributed by atoms with E-state index in [1.165, 1.54) is 0 Å². The number of aryl methyl sites for hydroxylation is 2. The normalized spacial score (nSPS) is 11.4. The van der Waals surface area contributed by atoms with Crippen LogP contribution in [0.15, 0.2) is 24.4 Å². The molecular weight excluding hydrogens is 204 g/mol. The maximum Gasteiger partial charge on any atom is 0.328 e. The summed E-state index contributed by atoms with van der Waals surface area (Å²) >= 11 is 0. The zero-order valence-corrected chi connectivity index (χ0v) is 9.14. The fraction of sp³-hybridized carbons (Fsp3) is 0.167. The first-order chi connectivity index (χ1) is 7.59. The van der Waals surface area contributed by atoms with E-state index in [1.807, 2.05) is 36.6 Å². The van der Waals surface area contributed by atoms with Gasteiger partial charge >= 0.3 is 5.97 Å². The fourth-order valence-electron chi connectivity index (χ4n) is 1.69. The lowest BCUT2D eigenvalue weighted by molar-refractivity contribution is -0.131. The van der Waals surface area contributed by atoms with Gasteiger partial charge in [-0.05, 0) is 31.6 Å². The fourth-order valence-corrected chi connectivity index (χ4v) is 1.69. The van der Waals surface area contributed by atoms with Crippen LogP contribution in [0.4, 0.5) is 0 Å². The highest BCUT2D eigenvalue weighted by atomic mass is 16.4. The van der Waals surface area contributed by atoms with E-state index in [0.29, 0.717) is 0 Å². The predicted molar refractivity (Wildman–Crippen MR) is 61.3 cm³/mol. The van der Waals surface area contributed by atoms with Crippen LogP contribution in [0.1, 0.15) is 17.0 Å². The van der Waals surface area contributed by atoms with Crippen molar-refractivity contribution in [1.82, 2.24) is 9.38 Å². The van der Waals surface area contributed by atoms with Crippen molar-refractivity contribution in [1.29, 1.82) is 0 Å². The van der Waals surface area contributed by atoms with Gasteiger partial charge in [0.15, 0.2) is 0 Å². The lowest BCUT2D eigenvalue weighted by Crippen LogP contribution is -1.91. The Kier molecular flexibility index (Phi) is 2.48. The molecule has 0 bridgehead atoms. The lowest BCUT2D eigenvalue weighted by atomic mass is 10.3. The molecule has 0 spiro atoms. The number of carboxylic acid groups (broad SMARTS) is 1. The van der Waals surface area contributed by atoms with E-state index < -0.39 is 5.97 Å². The maximum absolute atomic E-state index is 10.5. The SMILES string of the molecule is Cc1nc2c(C)cccn2c1/C=C/C(=O)O. The van der Waals surface area contributed by atoms with Gasteiger partial charge < -0.3 is 5.11 Å². The monoisotopic (exact) mass is 216 g/mol. The van der Waals surface area contributed by atoms with Gasteiger partial charge in [-0.1, -0.05) is 6.07 Å². The largest absolute Gasteiger partial charge is 0.478 e. The first kappa shape index (κ1) is 10.4. The number of fused-ring (bicyclic) bond motifs is 1. The van der Waals surface area contributed by atoms with Crippen molar-refractivity contribution in [2.45, 2.75) is 13.8 Å². The van der Waals surface area contributed by atoms with Gasteiger partial charge in [-0.15, -0.1) is 0 Å². The van der Waals surface area contributed by atoms with Gasteiger partial charge in [0.2, 0.25) is 0 Å². The molecule has 0 atom stereocenters. The molecule has 4 nitrogen and oxygen atoms in total. The molecule has 0 fully saturated rings. The highest BCUT2D eigenvalue weighted by Crippen LogP contribution is 2.16. The van der Waals surface area contributed by atoms with Crippen LogP contribution < -0.4 is 0 Å². The summed E-state index contributed by atoms with van der Waals surface area (Å²) < 4.78 is 1.89. The van der Waals surface area contributed by atoms with Crippen molar-refractivity contribution in [2.24, 2.45) is 0 Å². The molecule has 0 aliphatic carbocycles. The molecule has 1 N–H and O–H groups in total. The second kappa shape index (κ2) is 3.81. The lowest BCUT2D eigenvalue weighted by Gasteiger charge is -1.98. The van der Waals surface area contributed by atoms with Crippen LogP contribution in [0, 0.1) is 13.8 Å². The molecule has 0 radical (unpaired) electrons. The van der Waals surface area contributed by atoms with E-state index >= 15 is 0 Å². The Morgan fingerprint density at radius 1 is 1.50 bits per heavy atom. The summed E-state index contributed by atoms with van der Waals surface area (Å²) in [4.78, 5) is 14.9. The molecule has 0 aliphatic rings. The second-order valence-electron chi connectivity index (χ2n) is 3.64. The summed E-state index contributed by atoms with van der Waals surface area (Å²) in [6.07, 6.45) is 4.57. The molecule has 0 saturated carbocycles. The Labute approximate surface area is 92.9 Å². The van der Waals surface area contributed by atoms with Gasteiger partial charge in [-0.25, -0.2) is 9.78 Å². The third-order valence-corrected chi connectivity index (χ3v) is 2.45. The molecule has 0 unspecified atom stereocenters. The van der Waals surface area contributed by atoms with Crippen molar-refractivity contribution in [3.8, 4) is 0 Å². The molecule has 16 heavy (non-hydrogen) atoms. The van der Waals surface area contributed by atoms with Crippen molar-refractivity contribution >= 4 is 17.7 Å². The average Bonchev–Trinajstić information content (AvgIpc) is 2.53. The second-order valence-corrected chi connectivity index (χ2v) is 3.64. The van der Waals surface area contributed by atoms with Gasteiger partial charge in [0.1, 0.15) is 5.65 Å². The molecular formula is C12H12N2O2. The van der Waals surface area contributed by atoms with Crippen LogP contribution in [-0.4, -0.2) is 20.5 Å². The molecule has 4 heteroatoms. The van der Waals surface area contributed by atoms with Gasteiger partial charge in [-0.2, -0.15) is 0 Å². The van der Waals surface area contributed by atoms with Gasteiger partial charge in [-0.3, -0.25) is 4.40 Å². The summed E-state index contributed by atoms with van der Waals surface area (Å²) in [6, 6.07) is 3.90. The smallest absolute Gasteiger partial charge is 0.328 e. The van der Waals surface area contributed by atoms with E-state index in [4.69, 9.17) is 5.11 Å². The highest BCUT2D eigenvalue weighted by molar-refractivity contribution is 5.85. The van der Waals surface area contributed by atoms with Crippen LogP contribution in [0.25, 0.3) is 11.7 Å². The molecule has 82 valence electrons. The van der Waals surface area contributed by atoms with E-state index in [9.17, 15) is 4.79 Å². The summed E-state index contributed by atoms with van der Waals surface area (Å²) in [7, 11) is 0. The number of carboxylic acids is 1. The Balaban J connectivity index is 2.65. The third kappa shape index (κ3) is 1.69. The number of pyridine rings is 1. The zero-order valence-electron chi connectivity index (χ0n) is 9.14. The van der Waals surface area contributed by atoms with Crippen LogP contribution in [0.5, 0.6) is 0 Å². The molecule has 0 aromatic carbocycles. The van der Waals surface area contributed by atoms with E-state index in [-0.39, 0.29) is 0 Å². The minimum absolute atomic E-state index is 0.807. The van der Waals surface area contributed by atoms with E-state index in [1.54, 1.807) is 6.08 Å². The first-order valence-corrected chi connectivity index (χ1v) is 4.95. The van der Waals surface area contributed by atoms with Crippen LogP contribution in [-0.2, 0) is 4.79 Å². The molecule has 0 saturated heterocycles. The minimum Gasteiger partial charge on any atom is -0.478 e. The van der Waals surface area contributed by atoms with Crippen molar-refractivity contribution < 1.29 is 9.90 Å². The predicted octanol–water partition coefficient (Wildman–Crippen LogP) is 2.05. The Morgan fingerprint density at radius 2 is 2.25 bits per heavy atom. The maximum atomic E-state index is 10.5. The van der Waals surface area contributed by atoms with E-state index in [2.05, 4.69) is 4.98 Å². The number of aliphatic carboxylic acids is 1. The summed E-state index contributed by atoms with van der Waals surface area (Å²) in [5.41, 5.74) is 3.57. The Morgan fingerprint density at radius 3 is 2.94 bits per heavy atom. The zero-order chi connectivity index (χ0) is 11.7. The first-order valence-electron chi connectivity index (χ1n) is 4.95. The van der Waals surface area contributed by atoms with Gasteiger partial charge in [0.05, 0.1) is 11.4 Å². The molecule has 2 rings (SSSR count). The number of hydrogen-bond donors (Lipinski definition) is 1. The number of rotatable bonds is 2. The molecule has 0 aliphatic heterocycles. The third-order valence-electron chi connectivity index (χ3n) is 2.45. The molecule has 2 aromatic heterocycles. The topological polar surface area (TPSA) is 54.6 Å². The van der Waals surface area contributed by atoms with E-state index in [0.717, 1.165) is 28.7 Å². The number of hydrogen-bond acceptors (Lipinski definition) is 2. The summed E-state index contributed by atoms with van der Waals surface area (Å²) in [6.45, 7) is 3.85. The number of imidazole rings is 1. The van der Waals surface area contributed by atoms with Crippen LogP contribution >= 0.6 is 0 Å². The molecule has 2 heterocycles. The van der Waals surface area contributed by atoms with Crippen molar-refractivity contribution in [2.75, 3.05) is 0 Å². The van der Waals surface area contributed by atoms with Crippen LogP contribution in [0.2, 0.25) is 0 Å². The van der Waals surface area contributed by atoms with Gasteiger partial charge in [0, 0.05) is 12.3 Å². The summed E-state index contributed by atoms with van der Waals surface area (Å²) in [5.74, 6) is -0.956. The van der Waals surface area contributed by atoms with Crippen molar-refractivity contribution in [3.63, 3.8) is 0 Å². The van der Waals surface area contributed by atoms with Gasteiger partial charge in [0.25, 0.3) is 0 Å². The number of carbonyl (C=O) groups is 1. The molecule has 0 amide bonds. The average molecular weight is 216 g/mol. The Bertz CT molecular complexity index is 582. The standard InChI is InChI=1S/C12H12N2O2/c1-8-4-3-7-14-10(5-6-11(15)16)9(2)13-12(8)14/h3-7H,1-2H3,(H,15,16)/b6-5+. The Hall–Kier alpha value is -2.10. The van der Waals surface area contributed by atoms with Crippen molar-refractivity contribution in [3.05, 3.63) is 41.4 Å². The van der Waals surface area contributed by atoms with Crippen LogP contribution in [0.3, 0.4) is 0 Å². The number of aromatic nitrogens is 2. The number of nitrogens with zero attached hydrogens (tertiary/aromatic N) is 2. The quantitative estimate of drug-likeness (QED) is 0.781. The minimum atomic E-state index is -0.956. The highest BCUT2D eigenvalue weighted by Gasteiger charge is 2.07. The summed E-state index contributed by atoms with van der Waals surface area (Å²) in [5, 5.41) is 8.61. The molecule has 2 aromatic rings.